The lowest BCUT2D eigenvalue weighted by Crippen LogP contribution is -2.24. The maximum atomic E-state index is 10.5. The normalized spacial score (nSPS) is 16.3. The second-order valence-electron chi connectivity index (χ2n) is 5.20. The molecule has 0 saturated carbocycles. The third-order valence-corrected chi connectivity index (χ3v) is 3.91. The zero-order valence-corrected chi connectivity index (χ0v) is 11.4. The molecule has 2 aromatic rings. The van der Waals surface area contributed by atoms with Gasteiger partial charge in [-0.3, -0.25) is 4.68 Å². The Morgan fingerprint density at radius 1 is 1.26 bits per heavy atom. The maximum absolute atomic E-state index is 10.5. The van der Waals surface area contributed by atoms with Crippen molar-refractivity contribution in [3.8, 4) is 0 Å². The van der Waals surface area contributed by atoms with Crippen molar-refractivity contribution >= 4 is 5.69 Å². The molecule has 1 aliphatic rings. The van der Waals surface area contributed by atoms with Crippen molar-refractivity contribution in [2.45, 2.75) is 18.9 Å². The van der Waals surface area contributed by atoms with Gasteiger partial charge in [-0.05, 0) is 36.1 Å². The number of aliphatic hydroxyl groups is 1. The number of aliphatic hydroxyl groups excluding tert-OH is 1. The van der Waals surface area contributed by atoms with Gasteiger partial charge in [-0.1, -0.05) is 12.1 Å². The van der Waals surface area contributed by atoms with Gasteiger partial charge in [0.2, 0.25) is 0 Å². The summed E-state index contributed by atoms with van der Waals surface area (Å²) in [4.78, 5) is 2.28. The largest absolute Gasteiger partial charge is 0.382 e. The van der Waals surface area contributed by atoms with Crippen molar-refractivity contribution in [1.82, 2.24) is 9.78 Å². The van der Waals surface area contributed by atoms with E-state index in [4.69, 9.17) is 0 Å². The van der Waals surface area contributed by atoms with Crippen LogP contribution < -0.4 is 4.90 Å². The molecule has 2 heterocycles. The third kappa shape index (κ3) is 2.12. The average Bonchev–Trinajstić information content (AvgIpc) is 2.84. The summed E-state index contributed by atoms with van der Waals surface area (Å²) in [5, 5.41) is 14.6. The molecule has 1 unspecified atom stereocenters. The van der Waals surface area contributed by atoms with E-state index in [9.17, 15) is 5.11 Å². The molecule has 0 spiro atoms. The minimum absolute atomic E-state index is 0.606. The Kier molecular flexibility index (Phi) is 3.03. The lowest BCUT2D eigenvalue weighted by Gasteiger charge is -2.28. The zero-order valence-electron chi connectivity index (χ0n) is 11.4. The van der Waals surface area contributed by atoms with Crippen molar-refractivity contribution in [1.29, 1.82) is 0 Å². The molecular formula is C15H19N3O. The number of benzene rings is 1. The second kappa shape index (κ2) is 4.70. The van der Waals surface area contributed by atoms with E-state index in [1.54, 1.807) is 10.9 Å². The van der Waals surface area contributed by atoms with Crippen molar-refractivity contribution in [3.63, 3.8) is 0 Å². The highest BCUT2D eigenvalue weighted by atomic mass is 16.3. The van der Waals surface area contributed by atoms with Gasteiger partial charge in [0.25, 0.3) is 0 Å². The summed E-state index contributed by atoms with van der Waals surface area (Å²) in [6.07, 6.45) is 3.37. The third-order valence-electron chi connectivity index (χ3n) is 3.91. The molecule has 0 amide bonds. The van der Waals surface area contributed by atoms with Gasteiger partial charge in [0, 0.05) is 32.5 Å². The van der Waals surface area contributed by atoms with E-state index in [1.807, 2.05) is 19.2 Å². The SMILES string of the molecule is CN1CCCc2cc(C(O)c3ccnn3C)ccc21. The van der Waals surface area contributed by atoms with Crippen molar-refractivity contribution < 1.29 is 5.11 Å². The summed E-state index contributed by atoms with van der Waals surface area (Å²) in [5.74, 6) is 0. The molecule has 0 aliphatic carbocycles. The highest BCUT2D eigenvalue weighted by Crippen LogP contribution is 2.30. The molecule has 4 nitrogen and oxygen atoms in total. The van der Waals surface area contributed by atoms with Gasteiger partial charge < -0.3 is 10.0 Å². The number of nitrogens with zero attached hydrogens (tertiary/aromatic N) is 3. The average molecular weight is 257 g/mol. The standard InChI is InChI=1S/C15H19N3O/c1-17-9-3-4-11-10-12(5-6-13(11)17)15(19)14-7-8-16-18(14)2/h5-8,10,15,19H,3-4,9H2,1-2H3. The molecule has 0 bridgehead atoms. The molecule has 0 fully saturated rings. The summed E-state index contributed by atoms with van der Waals surface area (Å²) in [6.45, 7) is 1.11. The van der Waals surface area contributed by atoms with Crippen LogP contribution in [0.5, 0.6) is 0 Å². The second-order valence-corrected chi connectivity index (χ2v) is 5.20. The van der Waals surface area contributed by atoms with E-state index in [2.05, 4.69) is 29.2 Å². The number of anilines is 1. The summed E-state index contributed by atoms with van der Waals surface area (Å²) in [5.41, 5.74) is 4.38. The van der Waals surface area contributed by atoms with Crippen LogP contribution in [0.2, 0.25) is 0 Å². The molecule has 1 atom stereocenters. The van der Waals surface area contributed by atoms with Crippen molar-refractivity contribution in [3.05, 3.63) is 47.3 Å². The molecule has 0 saturated heterocycles. The van der Waals surface area contributed by atoms with Gasteiger partial charge >= 0.3 is 0 Å². The smallest absolute Gasteiger partial charge is 0.121 e. The van der Waals surface area contributed by atoms with Crippen LogP contribution in [0.25, 0.3) is 0 Å². The van der Waals surface area contributed by atoms with Gasteiger partial charge in [0.05, 0.1) is 5.69 Å². The van der Waals surface area contributed by atoms with Crippen LogP contribution in [-0.2, 0) is 13.5 Å². The van der Waals surface area contributed by atoms with E-state index in [-0.39, 0.29) is 0 Å². The van der Waals surface area contributed by atoms with E-state index < -0.39 is 6.10 Å². The Morgan fingerprint density at radius 2 is 2.11 bits per heavy atom. The molecular weight excluding hydrogens is 238 g/mol. The topological polar surface area (TPSA) is 41.3 Å². The number of hydrogen-bond acceptors (Lipinski definition) is 3. The van der Waals surface area contributed by atoms with Crippen molar-refractivity contribution in [2.24, 2.45) is 7.05 Å². The zero-order chi connectivity index (χ0) is 13.4. The van der Waals surface area contributed by atoms with Gasteiger partial charge in [-0.15, -0.1) is 0 Å². The number of rotatable bonds is 2. The Balaban J connectivity index is 1.96. The summed E-state index contributed by atoms with van der Waals surface area (Å²) >= 11 is 0. The fourth-order valence-electron chi connectivity index (χ4n) is 2.80. The van der Waals surface area contributed by atoms with Crippen LogP contribution in [0, 0.1) is 0 Å². The van der Waals surface area contributed by atoms with Crippen molar-refractivity contribution in [2.75, 3.05) is 18.5 Å². The van der Waals surface area contributed by atoms with Crippen LogP contribution >= 0.6 is 0 Å². The fourth-order valence-corrected chi connectivity index (χ4v) is 2.80. The molecule has 1 aliphatic heterocycles. The number of hydrogen-bond donors (Lipinski definition) is 1. The monoisotopic (exact) mass is 257 g/mol. The molecule has 0 radical (unpaired) electrons. The molecule has 19 heavy (non-hydrogen) atoms. The number of aromatic nitrogens is 2. The van der Waals surface area contributed by atoms with Crippen LogP contribution in [0.3, 0.4) is 0 Å². The lowest BCUT2D eigenvalue weighted by molar-refractivity contribution is 0.209. The maximum Gasteiger partial charge on any atom is 0.121 e. The van der Waals surface area contributed by atoms with E-state index in [0.29, 0.717) is 0 Å². The van der Waals surface area contributed by atoms with Gasteiger partial charge in [0.15, 0.2) is 0 Å². The first-order valence-corrected chi connectivity index (χ1v) is 6.67. The summed E-state index contributed by atoms with van der Waals surface area (Å²) in [6, 6.07) is 8.11. The molecule has 1 aromatic carbocycles. The predicted octanol–water partition coefficient (Wildman–Crippen LogP) is 1.88. The highest BCUT2D eigenvalue weighted by molar-refractivity contribution is 5.56. The minimum atomic E-state index is -0.606. The van der Waals surface area contributed by atoms with Crippen LogP contribution in [0.15, 0.2) is 30.5 Å². The Bertz CT molecular complexity index is 591. The summed E-state index contributed by atoms with van der Waals surface area (Å²) < 4.78 is 1.72. The summed E-state index contributed by atoms with van der Waals surface area (Å²) in [7, 11) is 3.97. The van der Waals surface area contributed by atoms with Gasteiger partial charge in [-0.2, -0.15) is 5.10 Å². The van der Waals surface area contributed by atoms with Gasteiger partial charge in [-0.25, -0.2) is 0 Å². The number of aryl methyl sites for hydroxylation is 2. The molecule has 3 rings (SSSR count). The lowest BCUT2D eigenvalue weighted by atomic mass is 9.96. The molecule has 4 heteroatoms. The van der Waals surface area contributed by atoms with Crippen LogP contribution in [-0.4, -0.2) is 28.5 Å². The van der Waals surface area contributed by atoms with E-state index >= 15 is 0 Å². The first kappa shape index (κ1) is 12.2. The Labute approximate surface area is 113 Å². The number of fused-ring (bicyclic) bond motifs is 1. The first-order chi connectivity index (χ1) is 9.16. The van der Waals surface area contributed by atoms with Crippen LogP contribution in [0.4, 0.5) is 5.69 Å². The quantitative estimate of drug-likeness (QED) is 0.893. The first-order valence-electron chi connectivity index (χ1n) is 6.67. The minimum Gasteiger partial charge on any atom is -0.382 e. The molecule has 100 valence electrons. The molecule has 1 N–H and O–H groups in total. The van der Waals surface area contributed by atoms with E-state index in [1.165, 1.54) is 17.7 Å². The predicted molar refractivity (Wildman–Crippen MR) is 75.3 cm³/mol. The van der Waals surface area contributed by atoms with E-state index in [0.717, 1.165) is 24.2 Å². The van der Waals surface area contributed by atoms with Crippen LogP contribution in [0.1, 0.15) is 29.3 Å². The Morgan fingerprint density at radius 3 is 2.84 bits per heavy atom. The highest BCUT2D eigenvalue weighted by Gasteiger charge is 2.18. The van der Waals surface area contributed by atoms with Gasteiger partial charge in [0.1, 0.15) is 6.10 Å². The molecule has 1 aromatic heterocycles. The fraction of sp³-hybridized carbons (Fsp3) is 0.400. The Hall–Kier alpha value is -1.81.